The Kier molecular flexibility index (Phi) is 58.3. The number of unbranched alkanes of at least 4 members (excludes halogenated alkanes) is 38. The Hall–Kier alpha value is -1.94. The van der Waals surface area contributed by atoms with Crippen LogP contribution in [0.1, 0.15) is 336 Å². The molecule has 0 aliphatic rings. The van der Waals surface area contributed by atoms with E-state index in [0.29, 0.717) is 25.7 Å². The van der Waals surface area contributed by atoms with Crippen LogP contribution in [0.15, 0.2) is 0 Å². The molecular weight excluding hydrogens is 1130 g/mol. The molecule has 85 heavy (non-hydrogen) atoms. The Morgan fingerprint density at radius 1 is 0.318 bits per heavy atom. The number of carbonyl (C=O) groups excluding carboxylic acids is 4. The van der Waals surface area contributed by atoms with E-state index in [2.05, 4.69) is 34.6 Å². The van der Waals surface area contributed by atoms with E-state index < -0.39 is 97.5 Å². The van der Waals surface area contributed by atoms with Gasteiger partial charge in [0.2, 0.25) is 0 Å². The van der Waals surface area contributed by atoms with Gasteiger partial charge in [0, 0.05) is 25.7 Å². The number of rotatable bonds is 66. The number of phosphoric acid groups is 2. The normalized spacial score (nSPS) is 14.2. The zero-order valence-corrected chi connectivity index (χ0v) is 56.5. The van der Waals surface area contributed by atoms with Gasteiger partial charge in [-0.1, -0.05) is 285 Å². The molecule has 504 valence electrons. The van der Waals surface area contributed by atoms with Crippen LogP contribution in [0, 0.1) is 5.92 Å². The highest BCUT2D eigenvalue weighted by molar-refractivity contribution is 7.47. The predicted molar refractivity (Wildman–Crippen MR) is 340 cm³/mol. The minimum atomic E-state index is -4.94. The lowest BCUT2D eigenvalue weighted by molar-refractivity contribution is -0.161. The van der Waals surface area contributed by atoms with Crippen LogP contribution in [0.5, 0.6) is 0 Å². The summed E-state index contributed by atoms with van der Waals surface area (Å²) < 4.78 is 67.9. The average molecular weight is 1260 g/mol. The third-order valence-electron chi connectivity index (χ3n) is 15.3. The molecule has 0 amide bonds. The molecule has 0 radical (unpaired) electrons. The number of carbonyl (C=O) groups is 4. The molecule has 0 heterocycles. The zero-order chi connectivity index (χ0) is 62.8. The highest BCUT2D eigenvalue weighted by Gasteiger charge is 2.30. The summed E-state index contributed by atoms with van der Waals surface area (Å²) in [5.74, 6) is -1.32. The number of aliphatic hydroxyl groups excluding tert-OH is 1. The van der Waals surface area contributed by atoms with Gasteiger partial charge >= 0.3 is 39.5 Å². The van der Waals surface area contributed by atoms with Crippen molar-refractivity contribution >= 4 is 39.5 Å². The second kappa shape index (κ2) is 59.7. The summed E-state index contributed by atoms with van der Waals surface area (Å²) in [6.45, 7) is 7.18. The van der Waals surface area contributed by atoms with E-state index in [1.54, 1.807) is 0 Å². The minimum absolute atomic E-state index is 0.105. The number of esters is 4. The number of aliphatic hydroxyl groups is 1. The largest absolute Gasteiger partial charge is 0.472 e. The first kappa shape index (κ1) is 83.1. The molecule has 0 aliphatic carbocycles. The lowest BCUT2D eigenvalue weighted by Crippen LogP contribution is -2.30. The Morgan fingerprint density at radius 2 is 0.541 bits per heavy atom. The first-order valence-electron chi connectivity index (χ1n) is 34.6. The molecule has 0 saturated heterocycles. The Bertz CT molecular complexity index is 1650. The zero-order valence-electron chi connectivity index (χ0n) is 54.7. The summed E-state index contributed by atoms with van der Waals surface area (Å²) in [4.78, 5) is 72.1. The summed E-state index contributed by atoms with van der Waals surface area (Å²) in [6.07, 6.45) is 44.6. The molecule has 19 heteroatoms. The second-order valence-electron chi connectivity index (χ2n) is 24.3. The lowest BCUT2D eigenvalue weighted by Gasteiger charge is -2.21. The van der Waals surface area contributed by atoms with E-state index in [4.69, 9.17) is 37.0 Å². The van der Waals surface area contributed by atoms with E-state index in [1.165, 1.54) is 148 Å². The molecule has 0 rings (SSSR count). The number of phosphoric ester groups is 2. The summed E-state index contributed by atoms with van der Waals surface area (Å²) in [6, 6.07) is 0. The van der Waals surface area contributed by atoms with E-state index in [9.17, 15) is 43.2 Å². The van der Waals surface area contributed by atoms with Gasteiger partial charge in [0.25, 0.3) is 0 Å². The lowest BCUT2D eigenvalue weighted by atomic mass is 10.0. The number of ether oxygens (including phenoxy) is 4. The quantitative estimate of drug-likeness (QED) is 0.0222. The highest BCUT2D eigenvalue weighted by Crippen LogP contribution is 2.45. The van der Waals surface area contributed by atoms with E-state index >= 15 is 0 Å². The molecule has 0 aromatic heterocycles. The minimum Gasteiger partial charge on any atom is -0.462 e. The first-order valence-corrected chi connectivity index (χ1v) is 37.6. The summed E-state index contributed by atoms with van der Waals surface area (Å²) >= 11 is 0. The maximum absolute atomic E-state index is 13.0. The van der Waals surface area contributed by atoms with Gasteiger partial charge in [0.15, 0.2) is 12.2 Å². The van der Waals surface area contributed by atoms with Crippen molar-refractivity contribution in [1.29, 1.82) is 0 Å². The van der Waals surface area contributed by atoms with Crippen LogP contribution in [0.2, 0.25) is 0 Å². The predicted octanol–water partition coefficient (Wildman–Crippen LogP) is 18.6. The van der Waals surface area contributed by atoms with Crippen LogP contribution < -0.4 is 0 Å². The van der Waals surface area contributed by atoms with E-state index in [1.807, 2.05) is 0 Å². The van der Waals surface area contributed by atoms with Gasteiger partial charge in [0.05, 0.1) is 26.4 Å². The third kappa shape index (κ3) is 60.7. The molecule has 0 bridgehead atoms. The van der Waals surface area contributed by atoms with Crippen molar-refractivity contribution in [2.24, 2.45) is 5.92 Å². The van der Waals surface area contributed by atoms with E-state index in [-0.39, 0.29) is 25.7 Å². The molecule has 0 aromatic carbocycles. The Morgan fingerprint density at radius 3 is 0.800 bits per heavy atom. The molecule has 0 aliphatic heterocycles. The van der Waals surface area contributed by atoms with Crippen LogP contribution in [0.3, 0.4) is 0 Å². The van der Waals surface area contributed by atoms with E-state index in [0.717, 1.165) is 109 Å². The van der Waals surface area contributed by atoms with Crippen LogP contribution in [0.4, 0.5) is 0 Å². The summed E-state index contributed by atoms with van der Waals surface area (Å²) in [5, 5.41) is 10.5. The Balaban J connectivity index is 5.14. The first-order chi connectivity index (χ1) is 41.0. The fraction of sp³-hybridized carbons (Fsp3) is 0.939. The molecule has 2 unspecified atom stereocenters. The van der Waals surface area contributed by atoms with Crippen LogP contribution in [-0.2, 0) is 65.4 Å². The van der Waals surface area contributed by atoms with Crippen molar-refractivity contribution in [3.05, 3.63) is 0 Å². The number of hydrogen-bond acceptors (Lipinski definition) is 15. The van der Waals surface area contributed by atoms with Crippen molar-refractivity contribution in [2.45, 2.75) is 355 Å². The van der Waals surface area contributed by atoms with Crippen molar-refractivity contribution in [2.75, 3.05) is 39.6 Å². The van der Waals surface area contributed by atoms with Gasteiger partial charge in [0.1, 0.15) is 19.3 Å². The van der Waals surface area contributed by atoms with Gasteiger partial charge in [-0.25, -0.2) is 9.13 Å². The van der Waals surface area contributed by atoms with Crippen LogP contribution in [-0.4, -0.2) is 96.7 Å². The van der Waals surface area contributed by atoms with Gasteiger partial charge in [-0.15, -0.1) is 0 Å². The fourth-order valence-corrected chi connectivity index (χ4v) is 11.5. The van der Waals surface area contributed by atoms with Gasteiger partial charge in [-0.2, -0.15) is 0 Å². The number of hydrogen-bond donors (Lipinski definition) is 3. The summed E-state index contributed by atoms with van der Waals surface area (Å²) in [7, 11) is -9.88. The fourth-order valence-electron chi connectivity index (χ4n) is 9.94. The van der Waals surface area contributed by atoms with Crippen molar-refractivity contribution in [3.8, 4) is 0 Å². The van der Waals surface area contributed by atoms with Crippen molar-refractivity contribution in [3.63, 3.8) is 0 Å². The molecular formula is C66H128O17P2. The molecule has 5 atom stereocenters. The van der Waals surface area contributed by atoms with Gasteiger partial charge < -0.3 is 33.8 Å². The topological polar surface area (TPSA) is 237 Å². The maximum Gasteiger partial charge on any atom is 0.472 e. The SMILES string of the molecule is CCCCCCCCCCCCC(=O)OC[C@H](COP(=O)(O)OC[C@@H](O)COP(=O)(O)OC[C@@H](COC(=O)CCCCCCCCCC)OC(=O)CCCCCCCCCC)OC(=O)CCCCCCCCCCCCCCCCCCC(C)C. The standard InChI is InChI=1S/C66H128O17P2/c1-6-9-12-15-18-21-31-36-40-45-50-64(69)77-56-62(83-66(71)52-47-42-37-32-29-27-25-23-22-24-26-28-30-33-38-43-48-59(4)5)58-81-85(74,75)79-54-60(67)53-78-84(72,73)80-57-61(82-65(70)51-46-41-35-20-17-14-11-8-3)55-76-63(68)49-44-39-34-19-16-13-10-7-2/h59-62,67H,6-58H2,1-5H3,(H,72,73)(H,74,75)/t60-,61+,62+/m0/s1. The smallest absolute Gasteiger partial charge is 0.462 e. The summed E-state index contributed by atoms with van der Waals surface area (Å²) in [5.41, 5.74) is 0. The average Bonchev–Trinajstić information content (AvgIpc) is 3.48. The molecule has 0 saturated carbocycles. The molecule has 0 aromatic rings. The maximum atomic E-state index is 13.0. The van der Waals surface area contributed by atoms with Gasteiger partial charge in [-0.05, 0) is 31.6 Å². The molecule has 17 nitrogen and oxygen atoms in total. The van der Waals surface area contributed by atoms with Crippen LogP contribution in [0.25, 0.3) is 0 Å². The monoisotopic (exact) mass is 1250 g/mol. The third-order valence-corrected chi connectivity index (χ3v) is 17.2. The molecule has 3 N–H and O–H groups in total. The van der Waals surface area contributed by atoms with Gasteiger partial charge in [-0.3, -0.25) is 37.3 Å². The molecule has 0 fully saturated rings. The van der Waals surface area contributed by atoms with Crippen LogP contribution >= 0.6 is 15.6 Å². The molecule has 0 spiro atoms. The second-order valence-corrected chi connectivity index (χ2v) is 27.2. The van der Waals surface area contributed by atoms with Crippen molar-refractivity contribution in [1.82, 2.24) is 0 Å². The van der Waals surface area contributed by atoms with Crippen molar-refractivity contribution < 1.29 is 80.2 Å². The Labute approximate surface area is 517 Å². The highest BCUT2D eigenvalue weighted by atomic mass is 31.2.